The van der Waals surface area contributed by atoms with Gasteiger partial charge in [0.05, 0.1) is 11.1 Å². The monoisotopic (exact) mass is 315 g/mol. The van der Waals surface area contributed by atoms with E-state index in [1.54, 1.807) is 12.1 Å². The van der Waals surface area contributed by atoms with Crippen LogP contribution in [0.15, 0.2) is 54.7 Å². The SMILES string of the molecule is CC(C)c1ccccc1-c1cnc2c(C(F)(F)F)cccc2c1. The van der Waals surface area contributed by atoms with Crippen molar-refractivity contribution < 1.29 is 13.2 Å². The number of aromatic nitrogens is 1. The first kappa shape index (κ1) is 15.5. The molecule has 0 aliphatic rings. The van der Waals surface area contributed by atoms with E-state index in [9.17, 15) is 13.2 Å². The largest absolute Gasteiger partial charge is 0.418 e. The minimum Gasteiger partial charge on any atom is -0.255 e. The van der Waals surface area contributed by atoms with E-state index >= 15 is 0 Å². The number of hydrogen-bond donors (Lipinski definition) is 0. The fourth-order valence-corrected chi connectivity index (χ4v) is 2.80. The van der Waals surface area contributed by atoms with Crippen LogP contribution < -0.4 is 0 Å². The molecule has 1 heterocycles. The summed E-state index contributed by atoms with van der Waals surface area (Å²) in [4.78, 5) is 4.10. The molecule has 0 atom stereocenters. The summed E-state index contributed by atoms with van der Waals surface area (Å²) in [5.74, 6) is 0.323. The van der Waals surface area contributed by atoms with Gasteiger partial charge in [-0.25, -0.2) is 0 Å². The summed E-state index contributed by atoms with van der Waals surface area (Å²) in [5, 5.41) is 0.496. The molecule has 1 nitrogen and oxygen atoms in total. The number of alkyl halides is 3. The average molecular weight is 315 g/mol. The van der Waals surface area contributed by atoms with Crippen LogP contribution in [0.2, 0.25) is 0 Å². The molecule has 0 unspecified atom stereocenters. The smallest absolute Gasteiger partial charge is 0.255 e. The molecular formula is C19H16F3N. The van der Waals surface area contributed by atoms with Crippen molar-refractivity contribution in [1.82, 2.24) is 4.98 Å². The Hall–Kier alpha value is -2.36. The predicted molar refractivity (Wildman–Crippen MR) is 86.3 cm³/mol. The number of rotatable bonds is 2. The van der Waals surface area contributed by atoms with Crippen LogP contribution in [0.1, 0.15) is 30.9 Å². The second-order valence-corrected chi connectivity index (χ2v) is 5.84. The average Bonchev–Trinajstić information content (AvgIpc) is 2.52. The van der Waals surface area contributed by atoms with Crippen molar-refractivity contribution in [3.05, 3.63) is 65.9 Å². The molecule has 23 heavy (non-hydrogen) atoms. The van der Waals surface area contributed by atoms with Crippen LogP contribution in [-0.2, 0) is 6.18 Å². The van der Waals surface area contributed by atoms with E-state index in [2.05, 4.69) is 18.8 Å². The van der Waals surface area contributed by atoms with Crippen LogP contribution in [-0.4, -0.2) is 4.98 Å². The lowest BCUT2D eigenvalue weighted by molar-refractivity contribution is -0.136. The molecule has 3 rings (SSSR count). The Labute approximate surface area is 132 Å². The van der Waals surface area contributed by atoms with Crippen molar-refractivity contribution in [3.8, 4) is 11.1 Å². The summed E-state index contributed by atoms with van der Waals surface area (Å²) in [6.07, 6.45) is -2.87. The fraction of sp³-hybridized carbons (Fsp3) is 0.211. The summed E-state index contributed by atoms with van der Waals surface area (Å²) in [5.41, 5.74) is 2.29. The van der Waals surface area contributed by atoms with Gasteiger partial charge in [-0.05, 0) is 29.2 Å². The molecule has 0 radical (unpaired) electrons. The Kier molecular flexibility index (Phi) is 3.84. The van der Waals surface area contributed by atoms with E-state index in [4.69, 9.17) is 0 Å². The van der Waals surface area contributed by atoms with Crippen LogP contribution in [0.4, 0.5) is 13.2 Å². The van der Waals surface area contributed by atoms with Crippen molar-refractivity contribution in [2.75, 3.05) is 0 Å². The van der Waals surface area contributed by atoms with Crippen LogP contribution in [0.5, 0.6) is 0 Å². The van der Waals surface area contributed by atoms with Gasteiger partial charge in [0.15, 0.2) is 0 Å². The highest BCUT2D eigenvalue weighted by Crippen LogP contribution is 2.36. The summed E-state index contributed by atoms with van der Waals surface area (Å²) in [7, 11) is 0. The second kappa shape index (κ2) is 5.69. The molecule has 0 N–H and O–H groups in total. The molecule has 0 amide bonds. The van der Waals surface area contributed by atoms with Crippen LogP contribution in [0.3, 0.4) is 0 Å². The molecule has 0 saturated carbocycles. The fourth-order valence-electron chi connectivity index (χ4n) is 2.80. The standard InChI is InChI=1S/C19H16F3N/c1-12(2)15-7-3-4-8-16(15)14-10-13-6-5-9-17(19(20,21)22)18(13)23-11-14/h3-12H,1-2H3. The minimum absolute atomic E-state index is 0.00854. The zero-order valence-corrected chi connectivity index (χ0v) is 12.9. The van der Waals surface area contributed by atoms with Crippen molar-refractivity contribution in [2.24, 2.45) is 0 Å². The highest BCUT2D eigenvalue weighted by atomic mass is 19.4. The molecular weight excluding hydrogens is 299 g/mol. The quantitative estimate of drug-likeness (QED) is 0.561. The molecule has 2 aromatic carbocycles. The van der Waals surface area contributed by atoms with E-state index in [1.165, 1.54) is 12.3 Å². The molecule has 0 saturated heterocycles. The summed E-state index contributed by atoms with van der Waals surface area (Å²) >= 11 is 0. The number of para-hydroxylation sites is 1. The van der Waals surface area contributed by atoms with Gasteiger partial charge in [-0.1, -0.05) is 50.2 Å². The molecule has 0 spiro atoms. The molecule has 0 aliphatic heterocycles. The maximum absolute atomic E-state index is 13.1. The molecule has 0 fully saturated rings. The van der Waals surface area contributed by atoms with Gasteiger partial charge < -0.3 is 0 Å². The third kappa shape index (κ3) is 2.93. The number of pyridine rings is 1. The van der Waals surface area contributed by atoms with Crippen molar-refractivity contribution >= 4 is 10.9 Å². The highest BCUT2D eigenvalue weighted by Gasteiger charge is 2.33. The van der Waals surface area contributed by atoms with Crippen molar-refractivity contribution in [3.63, 3.8) is 0 Å². The minimum atomic E-state index is -4.40. The van der Waals surface area contributed by atoms with E-state index < -0.39 is 11.7 Å². The van der Waals surface area contributed by atoms with Gasteiger partial charge in [-0.2, -0.15) is 13.2 Å². The number of benzene rings is 2. The van der Waals surface area contributed by atoms with E-state index in [0.717, 1.165) is 22.8 Å². The number of fused-ring (bicyclic) bond motifs is 1. The molecule has 118 valence electrons. The Morgan fingerprint density at radius 1 is 0.957 bits per heavy atom. The van der Waals surface area contributed by atoms with Crippen LogP contribution in [0, 0.1) is 0 Å². The third-order valence-corrected chi connectivity index (χ3v) is 3.91. The van der Waals surface area contributed by atoms with E-state index in [0.29, 0.717) is 11.3 Å². The summed E-state index contributed by atoms with van der Waals surface area (Å²) in [6, 6.07) is 13.8. The Morgan fingerprint density at radius 2 is 1.70 bits per heavy atom. The summed E-state index contributed by atoms with van der Waals surface area (Å²) < 4.78 is 39.2. The maximum atomic E-state index is 13.1. The lowest BCUT2D eigenvalue weighted by atomic mass is 9.93. The van der Waals surface area contributed by atoms with Gasteiger partial charge in [0, 0.05) is 17.1 Å². The molecule has 1 aromatic heterocycles. The second-order valence-electron chi connectivity index (χ2n) is 5.84. The lowest BCUT2D eigenvalue weighted by Crippen LogP contribution is -2.06. The lowest BCUT2D eigenvalue weighted by Gasteiger charge is -2.14. The molecule has 0 aliphatic carbocycles. The first-order valence-electron chi connectivity index (χ1n) is 7.43. The van der Waals surface area contributed by atoms with Crippen molar-refractivity contribution in [2.45, 2.75) is 25.9 Å². The topological polar surface area (TPSA) is 12.9 Å². The summed E-state index contributed by atoms with van der Waals surface area (Å²) in [6.45, 7) is 4.18. The van der Waals surface area contributed by atoms with Crippen LogP contribution in [0.25, 0.3) is 22.0 Å². The Bertz CT molecular complexity index is 851. The third-order valence-electron chi connectivity index (χ3n) is 3.91. The first-order chi connectivity index (χ1) is 10.9. The van der Waals surface area contributed by atoms with Gasteiger partial charge in [-0.3, -0.25) is 4.98 Å². The van der Waals surface area contributed by atoms with Gasteiger partial charge in [-0.15, -0.1) is 0 Å². The number of hydrogen-bond acceptors (Lipinski definition) is 1. The van der Waals surface area contributed by atoms with Gasteiger partial charge >= 0.3 is 6.18 Å². The van der Waals surface area contributed by atoms with Crippen LogP contribution >= 0.6 is 0 Å². The van der Waals surface area contributed by atoms with E-state index in [1.807, 2.05) is 24.3 Å². The highest BCUT2D eigenvalue weighted by molar-refractivity contribution is 5.86. The van der Waals surface area contributed by atoms with E-state index in [-0.39, 0.29) is 5.52 Å². The Morgan fingerprint density at radius 3 is 2.39 bits per heavy atom. The first-order valence-corrected chi connectivity index (χ1v) is 7.43. The van der Waals surface area contributed by atoms with Gasteiger partial charge in [0.25, 0.3) is 0 Å². The molecule has 4 heteroatoms. The van der Waals surface area contributed by atoms with Gasteiger partial charge in [0.2, 0.25) is 0 Å². The zero-order chi connectivity index (χ0) is 16.6. The Balaban J connectivity index is 2.20. The normalized spacial score (nSPS) is 12.1. The molecule has 0 bridgehead atoms. The number of nitrogens with zero attached hydrogens (tertiary/aromatic N) is 1. The maximum Gasteiger partial charge on any atom is 0.418 e. The van der Waals surface area contributed by atoms with Crippen molar-refractivity contribution in [1.29, 1.82) is 0 Å². The van der Waals surface area contributed by atoms with Gasteiger partial charge in [0.1, 0.15) is 0 Å². The zero-order valence-electron chi connectivity index (χ0n) is 12.9. The predicted octanol–water partition coefficient (Wildman–Crippen LogP) is 6.04. The number of halogens is 3. The molecule has 3 aromatic rings.